The number of anilines is 1. The molecule has 1 aliphatic heterocycles. The molecule has 14 heavy (non-hydrogen) atoms. The van der Waals surface area contributed by atoms with Crippen LogP contribution in [0, 0.1) is 0 Å². The van der Waals surface area contributed by atoms with Crippen LogP contribution >= 0.6 is 35.5 Å². The number of nitrogens with zero attached hydrogens (tertiary/aromatic N) is 2. The number of halogens is 1. The molecule has 2 heterocycles. The van der Waals surface area contributed by atoms with Crippen LogP contribution in [0.4, 0.5) is 5.13 Å². The lowest BCUT2D eigenvalue weighted by atomic mass is 10.6. The first-order chi connectivity index (χ1) is 6.34. The number of hydrogen-bond donors (Lipinski definition) is 2. The van der Waals surface area contributed by atoms with Crippen molar-refractivity contribution in [2.24, 2.45) is 4.99 Å². The highest BCUT2D eigenvalue weighted by molar-refractivity contribution is 8.13. The van der Waals surface area contributed by atoms with E-state index in [1.807, 2.05) is 5.38 Å². The molecule has 0 amide bonds. The molecule has 2 rings (SSSR count). The zero-order valence-corrected chi connectivity index (χ0v) is 9.84. The Hall–Kier alpha value is -0.460. The van der Waals surface area contributed by atoms with Crippen LogP contribution in [0.15, 0.2) is 10.4 Å². The molecule has 1 aliphatic rings. The summed E-state index contributed by atoms with van der Waals surface area (Å²) in [5.74, 6) is 0.847. The Labute approximate surface area is 96.8 Å². The van der Waals surface area contributed by atoms with E-state index in [1.165, 1.54) is 11.3 Å². The van der Waals surface area contributed by atoms with Crippen molar-refractivity contribution in [3.05, 3.63) is 11.1 Å². The van der Waals surface area contributed by atoms with Crippen LogP contribution in [0.2, 0.25) is 0 Å². The number of aliphatic imine (C=N–C) groups is 1. The summed E-state index contributed by atoms with van der Waals surface area (Å²) in [5, 5.41) is 6.83. The van der Waals surface area contributed by atoms with Gasteiger partial charge in [-0.3, -0.25) is 4.99 Å². The second kappa shape index (κ2) is 5.43. The minimum atomic E-state index is 0. The molecule has 3 N–H and O–H groups in total. The van der Waals surface area contributed by atoms with Crippen LogP contribution in [-0.2, 0) is 5.75 Å². The van der Waals surface area contributed by atoms with Crippen molar-refractivity contribution in [3.63, 3.8) is 0 Å². The van der Waals surface area contributed by atoms with Crippen molar-refractivity contribution in [3.8, 4) is 0 Å². The topological polar surface area (TPSA) is 63.3 Å². The zero-order valence-electron chi connectivity index (χ0n) is 7.40. The number of thiazole rings is 1. The molecule has 0 saturated carbocycles. The first kappa shape index (κ1) is 11.6. The maximum absolute atomic E-state index is 5.51. The molecule has 0 fully saturated rings. The molecule has 0 spiro atoms. The highest BCUT2D eigenvalue weighted by Crippen LogP contribution is 2.17. The fourth-order valence-corrected chi connectivity index (χ4v) is 2.49. The Morgan fingerprint density at radius 2 is 2.50 bits per heavy atom. The third kappa shape index (κ3) is 3.04. The highest BCUT2D eigenvalue weighted by Gasteiger charge is 2.06. The summed E-state index contributed by atoms with van der Waals surface area (Å²) in [7, 11) is 0. The maximum atomic E-state index is 5.51. The Kier molecular flexibility index (Phi) is 4.50. The number of rotatable bonds is 2. The third-order valence-electron chi connectivity index (χ3n) is 1.57. The molecule has 7 heteroatoms. The molecular formula is C7H11ClN4S2. The van der Waals surface area contributed by atoms with Gasteiger partial charge in [-0.05, 0) is 0 Å². The lowest BCUT2D eigenvalue weighted by Crippen LogP contribution is -2.15. The summed E-state index contributed by atoms with van der Waals surface area (Å²) >= 11 is 3.16. The van der Waals surface area contributed by atoms with Gasteiger partial charge in [-0.25, -0.2) is 4.98 Å². The van der Waals surface area contributed by atoms with Crippen molar-refractivity contribution in [2.75, 3.05) is 18.8 Å². The van der Waals surface area contributed by atoms with Gasteiger partial charge in [0.25, 0.3) is 0 Å². The Morgan fingerprint density at radius 1 is 1.64 bits per heavy atom. The van der Waals surface area contributed by atoms with E-state index in [-0.39, 0.29) is 12.4 Å². The van der Waals surface area contributed by atoms with E-state index in [0.29, 0.717) is 5.13 Å². The van der Waals surface area contributed by atoms with E-state index in [9.17, 15) is 0 Å². The standard InChI is InChI=1S/C7H10N4S2.ClH/c8-6-11-5(3-12-6)4-13-7-9-1-2-10-7;/h3H,1-2,4H2,(H2,8,11)(H,9,10);1H. The quantitative estimate of drug-likeness (QED) is 0.832. The molecule has 0 unspecified atom stereocenters. The van der Waals surface area contributed by atoms with Gasteiger partial charge in [-0.15, -0.1) is 23.7 Å². The van der Waals surface area contributed by atoms with Crippen LogP contribution in [0.3, 0.4) is 0 Å². The number of thioether (sulfide) groups is 1. The van der Waals surface area contributed by atoms with Gasteiger partial charge in [-0.2, -0.15) is 0 Å². The second-order valence-corrected chi connectivity index (χ2v) is 4.43. The van der Waals surface area contributed by atoms with Gasteiger partial charge in [0.05, 0.1) is 12.2 Å². The van der Waals surface area contributed by atoms with E-state index in [0.717, 1.165) is 29.7 Å². The monoisotopic (exact) mass is 250 g/mol. The molecule has 0 aliphatic carbocycles. The number of nitrogens with two attached hydrogens (primary N) is 1. The van der Waals surface area contributed by atoms with Crippen molar-refractivity contribution in [1.29, 1.82) is 0 Å². The van der Waals surface area contributed by atoms with Crippen molar-refractivity contribution < 1.29 is 0 Å². The number of amidine groups is 1. The molecule has 0 atom stereocenters. The summed E-state index contributed by atoms with van der Waals surface area (Å²) in [5.41, 5.74) is 6.55. The zero-order chi connectivity index (χ0) is 9.10. The molecule has 0 aromatic carbocycles. The van der Waals surface area contributed by atoms with Gasteiger partial charge >= 0.3 is 0 Å². The van der Waals surface area contributed by atoms with Crippen molar-refractivity contribution in [2.45, 2.75) is 5.75 Å². The molecular weight excluding hydrogens is 240 g/mol. The first-order valence-electron chi connectivity index (χ1n) is 3.95. The summed E-state index contributed by atoms with van der Waals surface area (Å²) < 4.78 is 0. The molecule has 78 valence electrons. The summed E-state index contributed by atoms with van der Waals surface area (Å²) in [6.07, 6.45) is 0. The van der Waals surface area contributed by atoms with Crippen LogP contribution in [0.5, 0.6) is 0 Å². The fraction of sp³-hybridized carbons (Fsp3) is 0.429. The number of nitrogens with one attached hydrogen (secondary N) is 1. The number of hydrogen-bond acceptors (Lipinski definition) is 6. The molecule has 0 radical (unpaired) electrons. The van der Waals surface area contributed by atoms with Gasteiger partial charge in [0.1, 0.15) is 0 Å². The van der Waals surface area contributed by atoms with Crippen LogP contribution < -0.4 is 11.1 Å². The van der Waals surface area contributed by atoms with E-state index in [1.54, 1.807) is 11.8 Å². The van der Waals surface area contributed by atoms with Gasteiger partial charge in [0.15, 0.2) is 10.3 Å². The molecule has 1 aromatic heterocycles. The first-order valence-corrected chi connectivity index (χ1v) is 5.82. The Morgan fingerprint density at radius 3 is 3.07 bits per heavy atom. The van der Waals surface area contributed by atoms with Crippen LogP contribution in [-0.4, -0.2) is 23.2 Å². The smallest absolute Gasteiger partial charge is 0.180 e. The van der Waals surface area contributed by atoms with Crippen molar-refractivity contribution in [1.82, 2.24) is 10.3 Å². The lowest BCUT2D eigenvalue weighted by Gasteiger charge is -1.98. The minimum Gasteiger partial charge on any atom is -0.375 e. The van der Waals surface area contributed by atoms with Gasteiger partial charge < -0.3 is 11.1 Å². The van der Waals surface area contributed by atoms with Gasteiger partial charge in [0.2, 0.25) is 0 Å². The highest BCUT2D eigenvalue weighted by atomic mass is 35.5. The van der Waals surface area contributed by atoms with E-state index < -0.39 is 0 Å². The van der Waals surface area contributed by atoms with E-state index in [4.69, 9.17) is 5.73 Å². The lowest BCUT2D eigenvalue weighted by molar-refractivity contribution is 0.963. The number of aromatic nitrogens is 1. The maximum Gasteiger partial charge on any atom is 0.180 e. The minimum absolute atomic E-state index is 0. The second-order valence-electron chi connectivity index (χ2n) is 2.58. The van der Waals surface area contributed by atoms with E-state index >= 15 is 0 Å². The SMILES string of the molecule is Cl.Nc1nc(CSC2=NCCN2)cs1. The summed E-state index contributed by atoms with van der Waals surface area (Å²) in [4.78, 5) is 8.43. The van der Waals surface area contributed by atoms with E-state index in [2.05, 4.69) is 15.3 Å². The molecule has 0 saturated heterocycles. The average molecular weight is 251 g/mol. The van der Waals surface area contributed by atoms with Gasteiger partial charge in [0, 0.05) is 17.7 Å². The van der Waals surface area contributed by atoms with Crippen molar-refractivity contribution >= 4 is 45.8 Å². The van der Waals surface area contributed by atoms with Gasteiger partial charge in [-0.1, -0.05) is 11.8 Å². The molecule has 1 aromatic rings. The van der Waals surface area contributed by atoms with Crippen LogP contribution in [0.25, 0.3) is 0 Å². The normalized spacial score (nSPS) is 14.4. The van der Waals surface area contributed by atoms with Crippen LogP contribution in [0.1, 0.15) is 5.69 Å². The largest absolute Gasteiger partial charge is 0.375 e. The Bertz CT molecular complexity index is 325. The predicted octanol–water partition coefficient (Wildman–Crippen LogP) is 1.34. The summed E-state index contributed by atoms with van der Waals surface area (Å²) in [6.45, 7) is 1.85. The molecule has 4 nitrogen and oxygen atoms in total. The number of nitrogen functional groups attached to an aromatic ring is 1. The molecule has 0 bridgehead atoms. The summed E-state index contributed by atoms with van der Waals surface area (Å²) in [6, 6.07) is 0. The Balaban J connectivity index is 0.000000980. The fourth-order valence-electron chi connectivity index (χ4n) is 1.00. The predicted molar refractivity (Wildman–Crippen MR) is 65.4 cm³/mol. The average Bonchev–Trinajstić information content (AvgIpc) is 2.71. The third-order valence-corrected chi connectivity index (χ3v) is 3.28.